The molecule has 0 aliphatic heterocycles. The standard InChI is InChI=1S/C7H9BrN2O3/c1-4-9-5(13-10-4)7(2,8)6(11)12-3/h1-3H3/t7-/m0/s1. The van der Waals surface area contributed by atoms with Crippen molar-refractivity contribution in [1.82, 2.24) is 10.1 Å². The first-order valence-electron chi connectivity index (χ1n) is 3.56. The fraction of sp³-hybridized carbons (Fsp3) is 0.571. The van der Waals surface area contributed by atoms with E-state index < -0.39 is 10.3 Å². The summed E-state index contributed by atoms with van der Waals surface area (Å²) in [4.78, 5) is 15.2. The first-order chi connectivity index (χ1) is 5.98. The van der Waals surface area contributed by atoms with Gasteiger partial charge in [-0.1, -0.05) is 21.1 Å². The predicted molar refractivity (Wildman–Crippen MR) is 47.3 cm³/mol. The van der Waals surface area contributed by atoms with E-state index in [9.17, 15) is 4.79 Å². The molecule has 0 bridgehead atoms. The number of rotatable bonds is 2. The summed E-state index contributed by atoms with van der Waals surface area (Å²) in [6, 6.07) is 0. The van der Waals surface area contributed by atoms with E-state index in [0.29, 0.717) is 5.82 Å². The Labute approximate surface area is 83.6 Å². The summed E-state index contributed by atoms with van der Waals surface area (Å²) in [5.74, 6) is 0.192. The molecule has 1 aromatic heterocycles. The maximum Gasteiger partial charge on any atom is 0.332 e. The van der Waals surface area contributed by atoms with Gasteiger partial charge in [-0.3, -0.25) is 0 Å². The number of aromatic nitrogens is 2. The highest BCUT2D eigenvalue weighted by Gasteiger charge is 2.39. The Morgan fingerprint density at radius 2 is 2.31 bits per heavy atom. The summed E-state index contributed by atoms with van der Waals surface area (Å²) in [7, 11) is 1.30. The van der Waals surface area contributed by atoms with Gasteiger partial charge in [0.05, 0.1) is 7.11 Å². The molecule has 0 unspecified atom stereocenters. The fourth-order valence-electron chi connectivity index (χ4n) is 0.767. The van der Waals surface area contributed by atoms with Gasteiger partial charge in [0, 0.05) is 0 Å². The van der Waals surface area contributed by atoms with Gasteiger partial charge in [-0.2, -0.15) is 4.98 Å². The summed E-state index contributed by atoms with van der Waals surface area (Å²) in [6.07, 6.45) is 0. The molecule has 1 rings (SSSR count). The first-order valence-corrected chi connectivity index (χ1v) is 4.36. The van der Waals surface area contributed by atoms with Crippen LogP contribution in [0.2, 0.25) is 0 Å². The third-order valence-electron chi connectivity index (χ3n) is 1.50. The van der Waals surface area contributed by atoms with Crippen molar-refractivity contribution in [3.63, 3.8) is 0 Å². The molecule has 0 saturated heterocycles. The summed E-state index contributed by atoms with van der Waals surface area (Å²) in [6.45, 7) is 3.26. The zero-order chi connectivity index (χ0) is 10.1. The Balaban J connectivity index is 2.99. The normalized spacial score (nSPS) is 15.1. The highest BCUT2D eigenvalue weighted by molar-refractivity contribution is 9.10. The van der Waals surface area contributed by atoms with Crippen molar-refractivity contribution in [1.29, 1.82) is 0 Å². The lowest BCUT2D eigenvalue weighted by molar-refractivity contribution is -0.143. The van der Waals surface area contributed by atoms with Gasteiger partial charge in [-0.15, -0.1) is 0 Å². The number of carbonyl (C=O) groups is 1. The van der Waals surface area contributed by atoms with Crippen LogP contribution in [0.25, 0.3) is 0 Å². The van der Waals surface area contributed by atoms with Gasteiger partial charge in [0.1, 0.15) is 0 Å². The Morgan fingerprint density at radius 1 is 1.69 bits per heavy atom. The van der Waals surface area contributed by atoms with Crippen molar-refractivity contribution in [3.8, 4) is 0 Å². The van der Waals surface area contributed by atoms with Crippen LogP contribution in [-0.2, 0) is 13.9 Å². The lowest BCUT2D eigenvalue weighted by atomic mass is 10.2. The van der Waals surface area contributed by atoms with Crippen LogP contribution in [0.15, 0.2) is 4.52 Å². The highest BCUT2D eigenvalue weighted by atomic mass is 79.9. The highest BCUT2D eigenvalue weighted by Crippen LogP contribution is 2.30. The molecule has 0 aliphatic carbocycles. The van der Waals surface area contributed by atoms with E-state index in [-0.39, 0.29) is 5.89 Å². The molecule has 13 heavy (non-hydrogen) atoms. The molecule has 72 valence electrons. The quantitative estimate of drug-likeness (QED) is 0.581. The number of esters is 1. The zero-order valence-electron chi connectivity index (χ0n) is 7.50. The van der Waals surface area contributed by atoms with E-state index in [2.05, 4.69) is 30.8 Å². The molecule has 0 radical (unpaired) electrons. The van der Waals surface area contributed by atoms with Crippen molar-refractivity contribution >= 4 is 21.9 Å². The molecule has 6 heteroatoms. The summed E-state index contributed by atoms with van der Waals surface area (Å²) in [5.41, 5.74) is 0. The second-order valence-electron chi connectivity index (χ2n) is 2.64. The maximum absolute atomic E-state index is 11.2. The second-order valence-corrected chi connectivity index (χ2v) is 4.23. The van der Waals surface area contributed by atoms with E-state index in [4.69, 9.17) is 4.52 Å². The lowest BCUT2D eigenvalue weighted by Crippen LogP contribution is -2.27. The molecule has 0 N–H and O–H groups in total. The van der Waals surface area contributed by atoms with E-state index in [1.54, 1.807) is 13.8 Å². The molecule has 0 aliphatic rings. The first kappa shape index (κ1) is 10.2. The van der Waals surface area contributed by atoms with E-state index >= 15 is 0 Å². The van der Waals surface area contributed by atoms with Crippen molar-refractivity contribution in [2.45, 2.75) is 18.2 Å². The number of aryl methyl sites for hydroxylation is 1. The van der Waals surface area contributed by atoms with E-state index in [0.717, 1.165) is 0 Å². The van der Waals surface area contributed by atoms with Gasteiger partial charge in [0.15, 0.2) is 10.1 Å². The van der Waals surface area contributed by atoms with Crippen molar-refractivity contribution < 1.29 is 14.1 Å². The average molecular weight is 249 g/mol. The SMILES string of the molecule is COC(=O)[C@@](C)(Br)c1nc(C)no1. The minimum atomic E-state index is -1.07. The van der Waals surface area contributed by atoms with Crippen molar-refractivity contribution in [2.75, 3.05) is 7.11 Å². The number of halogens is 1. The molecular formula is C7H9BrN2O3. The van der Waals surface area contributed by atoms with Crippen molar-refractivity contribution in [3.05, 3.63) is 11.7 Å². The second kappa shape index (κ2) is 3.45. The molecule has 1 heterocycles. The molecule has 0 fully saturated rings. The predicted octanol–water partition coefficient (Wildman–Crippen LogP) is 1.16. The van der Waals surface area contributed by atoms with Gasteiger partial charge >= 0.3 is 5.97 Å². The number of methoxy groups -OCH3 is 1. The Hall–Kier alpha value is -0.910. The maximum atomic E-state index is 11.2. The molecule has 5 nitrogen and oxygen atoms in total. The minimum absolute atomic E-state index is 0.192. The minimum Gasteiger partial charge on any atom is -0.468 e. The van der Waals surface area contributed by atoms with Gasteiger partial charge in [-0.25, -0.2) is 4.79 Å². The number of ether oxygens (including phenoxy) is 1. The summed E-state index contributed by atoms with van der Waals surface area (Å²) < 4.78 is 8.34. The fourth-order valence-corrected chi connectivity index (χ4v) is 1.09. The van der Waals surface area contributed by atoms with Gasteiger partial charge in [0.25, 0.3) is 5.89 Å². The Kier molecular flexibility index (Phi) is 2.70. The largest absolute Gasteiger partial charge is 0.468 e. The molecule has 0 aromatic carbocycles. The van der Waals surface area contributed by atoms with Crippen LogP contribution in [-0.4, -0.2) is 23.2 Å². The number of nitrogens with zero attached hydrogens (tertiary/aromatic N) is 2. The zero-order valence-corrected chi connectivity index (χ0v) is 9.08. The monoisotopic (exact) mass is 248 g/mol. The van der Waals surface area contributed by atoms with Crippen LogP contribution in [0.4, 0.5) is 0 Å². The third-order valence-corrected chi connectivity index (χ3v) is 2.16. The lowest BCUT2D eigenvalue weighted by Gasteiger charge is -2.13. The molecular weight excluding hydrogens is 240 g/mol. The molecule has 1 aromatic rings. The van der Waals surface area contributed by atoms with Crippen LogP contribution in [0.5, 0.6) is 0 Å². The van der Waals surface area contributed by atoms with Crippen LogP contribution < -0.4 is 0 Å². The molecule has 0 spiro atoms. The Morgan fingerprint density at radius 3 is 2.69 bits per heavy atom. The average Bonchev–Trinajstić information content (AvgIpc) is 2.50. The van der Waals surface area contributed by atoms with Gasteiger partial charge in [0.2, 0.25) is 0 Å². The molecule has 0 amide bonds. The summed E-state index contributed by atoms with van der Waals surface area (Å²) in [5, 5.41) is 3.58. The van der Waals surface area contributed by atoms with Crippen molar-refractivity contribution in [2.24, 2.45) is 0 Å². The molecule has 1 atom stereocenters. The molecule has 0 saturated carbocycles. The van der Waals surface area contributed by atoms with Crippen LogP contribution >= 0.6 is 15.9 Å². The van der Waals surface area contributed by atoms with Crippen LogP contribution in [0, 0.1) is 6.92 Å². The third kappa shape index (κ3) is 1.88. The number of hydrogen-bond donors (Lipinski definition) is 0. The van der Waals surface area contributed by atoms with Crippen LogP contribution in [0.1, 0.15) is 18.6 Å². The topological polar surface area (TPSA) is 65.2 Å². The number of hydrogen-bond acceptors (Lipinski definition) is 5. The Bertz CT molecular complexity index is 321. The smallest absolute Gasteiger partial charge is 0.332 e. The summed E-state index contributed by atoms with van der Waals surface area (Å²) >= 11 is 3.16. The van der Waals surface area contributed by atoms with E-state index in [1.165, 1.54) is 7.11 Å². The van der Waals surface area contributed by atoms with Gasteiger partial charge in [-0.05, 0) is 13.8 Å². The number of alkyl halides is 1. The number of carbonyl (C=O) groups excluding carboxylic acids is 1. The van der Waals surface area contributed by atoms with Gasteiger partial charge < -0.3 is 9.26 Å². The van der Waals surface area contributed by atoms with Crippen LogP contribution in [0.3, 0.4) is 0 Å². The van der Waals surface area contributed by atoms with E-state index in [1.807, 2.05) is 0 Å².